The van der Waals surface area contributed by atoms with Crippen molar-refractivity contribution in [3.05, 3.63) is 34.3 Å². The number of primary amides is 1. The molecule has 1 amide bonds. The maximum atomic E-state index is 11.0. The Kier molecular flexibility index (Phi) is 6.12. The van der Waals surface area contributed by atoms with Gasteiger partial charge in [-0.25, -0.2) is 4.79 Å². The van der Waals surface area contributed by atoms with Crippen molar-refractivity contribution in [2.45, 2.75) is 45.3 Å². The minimum Gasteiger partial charge on any atom is -0.439 e. The van der Waals surface area contributed by atoms with Crippen molar-refractivity contribution in [1.29, 1.82) is 0 Å². The predicted octanol–water partition coefficient (Wildman–Crippen LogP) is 3.34. The second-order valence-corrected chi connectivity index (χ2v) is 4.94. The Morgan fingerprint density at radius 1 is 1.53 bits per heavy atom. The number of nitrogens with two attached hydrogens (primary N) is 1. The molecule has 0 fully saturated rings. The third-order valence-electron chi connectivity index (χ3n) is 3.00. The second-order valence-electron chi connectivity index (χ2n) is 4.54. The van der Waals surface area contributed by atoms with Crippen LogP contribution in [0.2, 0.25) is 5.02 Å². The van der Waals surface area contributed by atoms with Gasteiger partial charge in [0.25, 0.3) is 0 Å². The highest BCUT2D eigenvalue weighted by Gasteiger charge is 2.27. The zero-order valence-electron chi connectivity index (χ0n) is 11.2. The maximum absolute atomic E-state index is 11.0. The SMILES string of the molecule is CCCCC(O)C(OC(N)=O)c1c(C)cccc1Cl. The van der Waals surface area contributed by atoms with Crippen LogP contribution < -0.4 is 5.73 Å². The Labute approximate surface area is 118 Å². The van der Waals surface area contributed by atoms with Gasteiger partial charge in [0.2, 0.25) is 0 Å². The summed E-state index contributed by atoms with van der Waals surface area (Å²) in [6, 6.07) is 5.36. The molecule has 0 heterocycles. The number of aliphatic hydroxyl groups is 1. The van der Waals surface area contributed by atoms with Gasteiger partial charge in [0.15, 0.2) is 6.10 Å². The molecule has 3 N–H and O–H groups in total. The fourth-order valence-electron chi connectivity index (χ4n) is 2.02. The van der Waals surface area contributed by atoms with Crippen molar-refractivity contribution in [3.63, 3.8) is 0 Å². The predicted molar refractivity (Wildman–Crippen MR) is 75.1 cm³/mol. The van der Waals surface area contributed by atoms with Crippen LogP contribution >= 0.6 is 11.6 Å². The Morgan fingerprint density at radius 2 is 2.21 bits per heavy atom. The molecule has 0 bridgehead atoms. The molecule has 0 aliphatic rings. The molecular formula is C14H20ClNO3. The molecule has 5 heteroatoms. The molecule has 19 heavy (non-hydrogen) atoms. The lowest BCUT2D eigenvalue weighted by Crippen LogP contribution is -2.27. The number of ether oxygens (including phenoxy) is 1. The first-order valence-electron chi connectivity index (χ1n) is 6.36. The maximum Gasteiger partial charge on any atom is 0.405 e. The highest BCUT2D eigenvalue weighted by Crippen LogP contribution is 2.32. The van der Waals surface area contributed by atoms with Crippen LogP contribution in [0, 0.1) is 6.92 Å². The first-order valence-corrected chi connectivity index (χ1v) is 6.74. The first kappa shape index (κ1) is 15.8. The van der Waals surface area contributed by atoms with Gasteiger partial charge in [0, 0.05) is 10.6 Å². The third-order valence-corrected chi connectivity index (χ3v) is 3.33. The molecule has 2 atom stereocenters. The summed E-state index contributed by atoms with van der Waals surface area (Å²) in [6.45, 7) is 3.88. The number of hydrogen-bond acceptors (Lipinski definition) is 3. The van der Waals surface area contributed by atoms with Gasteiger partial charge in [-0.1, -0.05) is 43.5 Å². The molecular weight excluding hydrogens is 266 g/mol. The summed E-state index contributed by atoms with van der Waals surface area (Å²) in [6.07, 6.45) is -0.242. The van der Waals surface area contributed by atoms with E-state index in [1.54, 1.807) is 12.1 Å². The van der Waals surface area contributed by atoms with Crippen molar-refractivity contribution in [3.8, 4) is 0 Å². The molecule has 106 valence electrons. The monoisotopic (exact) mass is 285 g/mol. The topological polar surface area (TPSA) is 72.6 Å². The molecule has 0 aromatic heterocycles. The molecule has 0 saturated heterocycles. The van der Waals surface area contributed by atoms with E-state index < -0.39 is 18.3 Å². The van der Waals surface area contributed by atoms with Crippen molar-refractivity contribution in [2.75, 3.05) is 0 Å². The summed E-state index contributed by atoms with van der Waals surface area (Å²) in [7, 11) is 0. The number of benzene rings is 1. The van der Waals surface area contributed by atoms with Crippen molar-refractivity contribution >= 4 is 17.7 Å². The molecule has 2 unspecified atom stereocenters. The number of unbranched alkanes of at least 4 members (excludes halogenated alkanes) is 1. The highest BCUT2D eigenvalue weighted by molar-refractivity contribution is 6.31. The smallest absolute Gasteiger partial charge is 0.405 e. The summed E-state index contributed by atoms with van der Waals surface area (Å²) >= 11 is 6.14. The number of halogens is 1. The molecule has 1 aromatic carbocycles. The minimum absolute atomic E-state index is 0.460. The van der Waals surface area contributed by atoms with Crippen molar-refractivity contribution in [2.24, 2.45) is 5.73 Å². The Hall–Kier alpha value is -1.26. The van der Waals surface area contributed by atoms with Crippen molar-refractivity contribution in [1.82, 2.24) is 0 Å². The third kappa shape index (κ3) is 4.40. The first-order chi connectivity index (χ1) is 8.97. The van der Waals surface area contributed by atoms with Crippen LogP contribution in [0.25, 0.3) is 0 Å². The highest BCUT2D eigenvalue weighted by atomic mass is 35.5. The van der Waals surface area contributed by atoms with Gasteiger partial charge < -0.3 is 15.6 Å². The number of hydrogen-bond donors (Lipinski definition) is 2. The minimum atomic E-state index is -0.917. The van der Waals surface area contributed by atoms with Crippen LogP contribution in [0.15, 0.2) is 18.2 Å². The van der Waals surface area contributed by atoms with Crippen LogP contribution in [0.1, 0.15) is 43.4 Å². The van der Waals surface area contributed by atoms with E-state index in [-0.39, 0.29) is 0 Å². The fourth-order valence-corrected chi connectivity index (χ4v) is 2.35. The van der Waals surface area contributed by atoms with E-state index in [1.165, 1.54) is 0 Å². The van der Waals surface area contributed by atoms with Gasteiger partial charge in [0.1, 0.15) is 0 Å². The van der Waals surface area contributed by atoms with Gasteiger partial charge >= 0.3 is 6.09 Å². The quantitative estimate of drug-likeness (QED) is 0.842. The zero-order chi connectivity index (χ0) is 14.4. The van der Waals surface area contributed by atoms with E-state index in [1.807, 2.05) is 19.9 Å². The lowest BCUT2D eigenvalue weighted by molar-refractivity contribution is -0.000348. The second kappa shape index (κ2) is 7.36. The van der Waals surface area contributed by atoms with Crippen LogP contribution in [-0.2, 0) is 4.74 Å². The summed E-state index contributed by atoms with van der Waals surface area (Å²) in [5.41, 5.74) is 6.55. The molecule has 1 rings (SSSR count). The van der Waals surface area contributed by atoms with Gasteiger partial charge in [0.05, 0.1) is 6.10 Å². The summed E-state index contributed by atoms with van der Waals surface area (Å²) in [5, 5.41) is 10.7. The lowest BCUT2D eigenvalue weighted by Gasteiger charge is -2.25. The number of aliphatic hydroxyl groups excluding tert-OH is 1. The molecule has 1 aromatic rings. The molecule has 4 nitrogen and oxygen atoms in total. The van der Waals surface area contributed by atoms with E-state index in [0.717, 1.165) is 18.4 Å². The van der Waals surface area contributed by atoms with Crippen LogP contribution in [0.5, 0.6) is 0 Å². The van der Waals surface area contributed by atoms with Gasteiger partial charge in [-0.05, 0) is 25.0 Å². The largest absolute Gasteiger partial charge is 0.439 e. The zero-order valence-corrected chi connectivity index (χ0v) is 12.0. The number of carbonyl (C=O) groups excluding carboxylic acids is 1. The standard InChI is InChI=1S/C14H20ClNO3/c1-3-4-8-11(17)13(19-14(16)18)12-9(2)6-5-7-10(12)15/h5-7,11,13,17H,3-4,8H2,1-2H3,(H2,16,18). The molecule has 0 spiro atoms. The Balaban J connectivity index is 3.05. The average molecular weight is 286 g/mol. The van der Waals surface area contributed by atoms with E-state index in [2.05, 4.69) is 0 Å². The molecule has 0 aliphatic carbocycles. The number of amides is 1. The van der Waals surface area contributed by atoms with Gasteiger partial charge in [-0.3, -0.25) is 0 Å². The molecule has 0 radical (unpaired) electrons. The number of carbonyl (C=O) groups is 1. The van der Waals surface area contributed by atoms with Crippen LogP contribution in [0.4, 0.5) is 4.79 Å². The Morgan fingerprint density at radius 3 is 2.74 bits per heavy atom. The van der Waals surface area contributed by atoms with E-state index in [9.17, 15) is 9.90 Å². The van der Waals surface area contributed by atoms with E-state index in [0.29, 0.717) is 17.0 Å². The summed E-state index contributed by atoms with van der Waals surface area (Å²) < 4.78 is 5.06. The lowest BCUT2D eigenvalue weighted by atomic mass is 9.96. The van der Waals surface area contributed by atoms with Crippen LogP contribution in [0.3, 0.4) is 0 Å². The summed E-state index contributed by atoms with van der Waals surface area (Å²) in [5.74, 6) is 0. The van der Waals surface area contributed by atoms with E-state index >= 15 is 0 Å². The average Bonchev–Trinajstić information content (AvgIpc) is 2.34. The van der Waals surface area contributed by atoms with Gasteiger partial charge in [-0.15, -0.1) is 0 Å². The fraction of sp³-hybridized carbons (Fsp3) is 0.500. The Bertz CT molecular complexity index is 416. The van der Waals surface area contributed by atoms with Gasteiger partial charge in [-0.2, -0.15) is 0 Å². The normalized spacial score (nSPS) is 13.9. The number of rotatable bonds is 6. The van der Waals surface area contributed by atoms with Crippen LogP contribution in [-0.4, -0.2) is 17.3 Å². The molecule has 0 saturated carbocycles. The van der Waals surface area contributed by atoms with E-state index in [4.69, 9.17) is 22.1 Å². The molecule has 0 aliphatic heterocycles. The van der Waals surface area contributed by atoms with Crippen molar-refractivity contribution < 1.29 is 14.6 Å². The summed E-state index contributed by atoms with van der Waals surface area (Å²) in [4.78, 5) is 11.0. The number of aryl methyl sites for hydroxylation is 1.